The molecule has 1 amide bonds. The topological polar surface area (TPSA) is 42.0 Å². The van der Waals surface area contributed by atoms with Crippen LogP contribution in [0.25, 0.3) is 17.0 Å². The number of hydrogen-bond acceptors (Lipinski definition) is 3. The number of fused-ring (bicyclic) bond motifs is 1. The number of thiophene rings is 1. The number of pyridine rings is 1. The number of aryl methyl sites for hydroxylation is 1. The molecule has 3 aromatic rings. The quantitative estimate of drug-likeness (QED) is 0.733. The Morgan fingerprint density at radius 3 is 3.00 bits per heavy atom. The monoisotopic (exact) mass is 294 g/mol. The number of anilines is 1. The molecule has 3 rings (SSSR count). The Balaban J connectivity index is 1.84. The maximum absolute atomic E-state index is 12.0. The Bertz CT molecular complexity index is 807. The second-order valence-electron chi connectivity index (χ2n) is 4.72. The minimum absolute atomic E-state index is 0.141. The molecule has 0 aliphatic carbocycles. The van der Waals surface area contributed by atoms with Gasteiger partial charge in [0.2, 0.25) is 5.91 Å². The van der Waals surface area contributed by atoms with Gasteiger partial charge in [0.1, 0.15) is 0 Å². The molecule has 0 radical (unpaired) electrons. The molecule has 0 saturated heterocycles. The van der Waals surface area contributed by atoms with Crippen LogP contribution in [0, 0.1) is 6.92 Å². The van der Waals surface area contributed by atoms with E-state index in [1.54, 1.807) is 23.6 Å². The summed E-state index contributed by atoms with van der Waals surface area (Å²) in [6, 6.07) is 11.8. The number of aromatic nitrogens is 1. The zero-order valence-electron chi connectivity index (χ0n) is 11.5. The molecule has 0 saturated carbocycles. The Morgan fingerprint density at radius 1 is 1.29 bits per heavy atom. The first-order valence-corrected chi connectivity index (χ1v) is 7.48. The molecule has 0 atom stereocenters. The van der Waals surface area contributed by atoms with Gasteiger partial charge in [-0.1, -0.05) is 17.7 Å². The van der Waals surface area contributed by atoms with Crippen LogP contribution in [0.3, 0.4) is 0 Å². The van der Waals surface area contributed by atoms with Crippen LogP contribution < -0.4 is 5.32 Å². The lowest BCUT2D eigenvalue weighted by atomic mass is 10.1. The van der Waals surface area contributed by atoms with Crippen LogP contribution in [0.1, 0.15) is 10.4 Å². The van der Waals surface area contributed by atoms with E-state index in [1.165, 1.54) is 0 Å². The molecule has 104 valence electrons. The van der Waals surface area contributed by atoms with E-state index in [2.05, 4.69) is 10.3 Å². The van der Waals surface area contributed by atoms with Crippen molar-refractivity contribution in [1.29, 1.82) is 0 Å². The Labute approximate surface area is 127 Å². The number of amides is 1. The number of rotatable bonds is 3. The Hall–Kier alpha value is -2.46. The van der Waals surface area contributed by atoms with Gasteiger partial charge < -0.3 is 5.32 Å². The van der Waals surface area contributed by atoms with Crippen molar-refractivity contribution in [3.8, 4) is 0 Å². The highest BCUT2D eigenvalue weighted by atomic mass is 32.1. The van der Waals surface area contributed by atoms with Gasteiger partial charge in [-0.3, -0.25) is 9.78 Å². The highest BCUT2D eigenvalue weighted by Gasteiger charge is 2.04. The molecule has 0 bridgehead atoms. The summed E-state index contributed by atoms with van der Waals surface area (Å²) in [7, 11) is 0. The Kier molecular flexibility index (Phi) is 3.79. The predicted molar refractivity (Wildman–Crippen MR) is 88.5 cm³/mol. The summed E-state index contributed by atoms with van der Waals surface area (Å²) in [4.78, 5) is 17.4. The standard InChI is InChI=1S/C17H14N2OS/c1-12-4-6-15-14(11-12)16(8-9-18-15)19-17(20)7-5-13-3-2-10-21-13/h2-11H,1H3,(H,18,19,20)/b7-5+. The first-order valence-electron chi connectivity index (χ1n) is 6.60. The minimum atomic E-state index is -0.141. The summed E-state index contributed by atoms with van der Waals surface area (Å²) in [6.45, 7) is 2.02. The Morgan fingerprint density at radius 2 is 2.19 bits per heavy atom. The predicted octanol–water partition coefficient (Wildman–Crippen LogP) is 4.26. The van der Waals surface area contributed by atoms with Crippen molar-refractivity contribution in [2.75, 3.05) is 5.32 Å². The van der Waals surface area contributed by atoms with Crippen LogP contribution in [0.15, 0.2) is 54.1 Å². The lowest BCUT2D eigenvalue weighted by Crippen LogP contribution is -2.08. The van der Waals surface area contributed by atoms with Crippen LogP contribution in [0.4, 0.5) is 5.69 Å². The van der Waals surface area contributed by atoms with E-state index < -0.39 is 0 Å². The molecule has 4 heteroatoms. The molecule has 3 nitrogen and oxygen atoms in total. The van der Waals surface area contributed by atoms with E-state index in [0.717, 1.165) is 27.0 Å². The maximum Gasteiger partial charge on any atom is 0.248 e. The van der Waals surface area contributed by atoms with Gasteiger partial charge in [0.05, 0.1) is 11.2 Å². The highest BCUT2D eigenvalue weighted by molar-refractivity contribution is 7.10. The van der Waals surface area contributed by atoms with Gasteiger partial charge in [-0.2, -0.15) is 0 Å². The third-order valence-electron chi connectivity index (χ3n) is 3.10. The summed E-state index contributed by atoms with van der Waals surface area (Å²) in [5.74, 6) is -0.141. The van der Waals surface area contributed by atoms with Crippen molar-refractivity contribution in [2.45, 2.75) is 6.92 Å². The van der Waals surface area contributed by atoms with E-state index in [1.807, 2.05) is 54.8 Å². The molecule has 1 N–H and O–H groups in total. The largest absolute Gasteiger partial charge is 0.322 e. The fourth-order valence-corrected chi connectivity index (χ4v) is 2.71. The summed E-state index contributed by atoms with van der Waals surface area (Å²) in [5.41, 5.74) is 2.80. The number of carbonyl (C=O) groups excluding carboxylic acids is 1. The van der Waals surface area contributed by atoms with Crippen molar-refractivity contribution in [3.63, 3.8) is 0 Å². The van der Waals surface area contributed by atoms with Crippen LogP contribution in [-0.4, -0.2) is 10.9 Å². The van der Waals surface area contributed by atoms with Crippen LogP contribution >= 0.6 is 11.3 Å². The normalized spacial score (nSPS) is 11.1. The molecule has 2 aromatic heterocycles. The number of carbonyl (C=O) groups is 1. The number of hydrogen-bond donors (Lipinski definition) is 1. The summed E-state index contributed by atoms with van der Waals surface area (Å²) < 4.78 is 0. The molecule has 2 heterocycles. The zero-order chi connectivity index (χ0) is 14.7. The highest BCUT2D eigenvalue weighted by Crippen LogP contribution is 2.22. The first kappa shape index (κ1) is 13.5. The average molecular weight is 294 g/mol. The molecule has 0 aliphatic heterocycles. The third kappa shape index (κ3) is 3.17. The van der Waals surface area contributed by atoms with Gasteiger partial charge in [0.15, 0.2) is 0 Å². The van der Waals surface area contributed by atoms with Crippen molar-refractivity contribution >= 4 is 39.9 Å². The van der Waals surface area contributed by atoms with Gasteiger partial charge in [-0.25, -0.2) is 0 Å². The maximum atomic E-state index is 12.0. The van der Waals surface area contributed by atoms with E-state index >= 15 is 0 Å². The van der Waals surface area contributed by atoms with Gasteiger partial charge in [-0.05, 0) is 42.6 Å². The molecular formula is C17H14N2OS. The second-order valence-corrected chi connectivity index (χ2v) is 5.70. The molecule has 1 aromatic carbocycles. The molecular weight excluding hydrogens is 280 g/mol. The smallest absolute Gasteiger partial charge is 0.248 e. The number of nitrogens with zero attached hydrogens (tertiary/aromatic N) is 1. The van der Waals surface area contributed by atoms with Crippen LogP contribution in [0.2, 0.25) is 0 Å². The molecule has 0 unspecified atom stereocenters. The van der Waals surface area contributed by atoms with E-state index in [9.17, 15) is 4.79 Å². The summed E-state index contributed by atoms with van der Waals surface area (Å²) in [6.07, 6.45) is 5.07. The molecule has 0 fully saturated rings. The van der Waals surface area contributed by atoms with Crippen molar-refractivity contribution in [3.05, 3.63) is 64.5 Å². The minimum Gasteiger partial charge on any atom is -0.322 e. The number of nitrogens with one attached hydrogen (secondary N) is 1. The average Bonchev–Trinajstić information content (AvgIpc) is 2.99. The zero-order valence-corrected chi connectivity index (χ0v) is 12.4. The van der Waals surface area contributed by atoms with E-state index in [0.29, 0.717) is 0 Å². The second kappa shape index (κ2) is 5.89. The lowest BCUT2D eigenvalue weighted by molar-refractivity contribution is -0.111. The van der Waals surface area contributed by atoms with Gasteiger partial charge in [0, 0.05) is 22.5 Å². The van der Waals surface area contributed by atoms with Gasteiger partial charge in [0.25, 0.3) is 0 Å². The fraction of sp³-hybridized carbons (Fsp3) is 0.0588. The molecule has 21 heavy (non-hydrogen) atoms. The molecule has 0 aliphatic rings. The summed E-state index contributed by atoms with van der Waals surface area (Å²) >= 11 is 1.60. The molecule has 0 spiro atoms. The SMILES string of the molecule is Cc1ccc2nccc(NC(=O)/C=C/c3cccs3)c2c1. The number of benzene rings is 1. The van der Waals surface area contributed by atoms with Crippen molar-refractivity contribution in [2.24, 2.45) is 0 Å². The summed E-state index contributed by atoms with van der Waals surface area (Å²) in [5, 5.41) is 5.85. The van der Waals surface area contributed by atoms with Gasteiger partial charge in [-0.15, -0.1) is 11.3 Å². The lowest BCUT2D eigenvalue weighted by Gasteiger charge is -2.07. The fourth-order valence-electron chi connectivity index (χ4n) is 2.09. The van der Waals surface area contributed by atoms with E-state index in [-0.39, 0.29) is 5.91 Å². The van der Waals surface area contributed by atoms with Crippen molar-refractivity contribution in [1.82, 2.24) is 4.98 Å². The van der Waals surface area contributed by atoms with Crippen LogP contribution in [0.5, 0.6) is 0 Å². The third-order valence-corrected chi connectivity index (χ3v) is 3.93. The van der Waals surface area contributed by atoms with Gasteiger partial charge >= 0.3 is 0 Å². The van der Waals surface area contributed by atoms with Crippen LogP contribution in [-0.2, 0) is 4.79 Å². The first-order chi connectivity index (χ1) is 10.2. The van der Waals surface area contributed by atoms with Crippen molar-refractivity contribution < 1.29 is 4.79 Å². The van der Waals surface area contributed by atoms with E-state index in [4.69, 9.17) is 0 Å².